The van der Waals surface area contributed by atoms with Gasteiger partial charge < -0.3 is 9.73 Å². The first-order valence-electron chi connectivity index (χ1n) is 6.06. The van der Waals surface area contributed by atoms with Crippen LogP contribution < -0.4 is 5.32 Å². The number of rotatable bonds is 6. The van der Waals surface area contributed by atoms with Gasteiger partial charge in [0.25, 0.3) is 0 Å². The summed E-state index contributed by atoms with van der Waals surface area (Å²) in [5.41, 5.74) is 0.811. The lowest BCUT2D eigenvalue weighted by Gasteiger charge is -2.12. The van der Waals surface area contributed by atoms with E-state index in [4.69, 9.17) is 16.0 Å². The number of hydrogen-bond acceptors (Lipinski definition) is 5. The molecule has 18 heavy (non-hydrogen) atoms. The van der Waals surface area contributed by atoms with Gasteiger partial charge in [-0.3, -0.25) is 0 Å². The first-order chi connectivity index (χ1) is 8.76. The summed E-state index contributed by atoms with van der Waals surface area (Å²) in [6, 6.07) is 2.08. The van der Waals surface area contributed by atoms with Gasteiger partial charge in [0.15, 0.2) is 5.01 Å². The Morgan fingerprint density at radius 3 is 2.89 bits per heavy atom. The fourth-order valence-electron chi connectivity index (χ4n) is 1.66. The third kappa shape index (κ3) is 2.91. The summed E-state index contributed by atoms with van der Waals surface area (Å²) in [4.78, 5) is 0. The van der Waals surface area contributed by atoms with Gasteiger partial charge in [0.05, 0.1) is 17.9 Å². The fraction of sp³-hybridized carbons (Fsp3) is 0.500. The van der Waals surface area contributed by atoms with Crippen LogP contribution in [0.15, 0.2) is 16.7 Å². The van der Waals surface area contributed by atoms with Gasteiger partial charge in [-0.05, 0) is 37.1 Å². The second-order valence-corrected chi connectivity index (χ2v) is 5.32. The maximum atomic E-state index is 5.94. The van der Waals surface area contributed by atoms with Crippen LogP contribution in [0.25, 0.3) is 10.6 Å². The summed E-state index contributed by atoms with van der Waals surface area (Å²) >= 11 is 7.50. The van der Waals surface area contributed by atoms with Gasteiger partial charge in [0, 0.05) is 0 Å². The minimum absolute atomic E-state index is 0.266. The Hall–Kier alpha value is -0.910. The lowest BCUT2D eigenvalue weighted by atomic mass is 10.2. The van der Waals surface area contributed by atoms with Crippen molar-refractivity contribution < 1.29 is 4.42 Å². The highest BCUT2D eigenvalue weighted by Gasteiger charge is 2.17. The van der Waals surface area contributed by atoms with E-state index in [2.05, 4.69) is 29.4 Å². The molecule has 2 rings (SSSR count). The Kier molecular flexibility index (Phi) is 4.74. The van der Waals surface area contributed by atoms with E-state index < -0.39 is 0 Å². The molecule has 2 aromatic heterocycles. The summed E-state index contributed by atoms with van der Waals surface area (Å²) in [5.74, 6) is 0. The molecule has 0 aliphatic rings. The van der Waals surface area contributed by atoms with Crippen LogP contribution in [0.2, 0.25) is 5.22 Å². The van der Waals surface area contributed by atoms with Crippen LogP contribution in [0.5, 0.6) is 0 Å². The average molecular weight is 286 g/mol. The molecular weight excluding hydrogens is 270 g/mol. The molecule has 0 aromatic carbocycles. The molecular formula is C12H16ClN3OS. The number of halogens is 1. The van der Waals surface area contributed by atoms with Crippen molar-refractivity contribution in [2.45, 2.75) is 32.7 Å². The molecule has 0 amide bonds. The number of aromatic nitrogens is 2. The van der Waals surface area contributed by atoms with Gasteiger partial charge >= 0.3 is 0 Å². The maximum absolute atomic E-state index is 5.94. The molecule has 0 fully saturated rings. The SMILES string of the molecule is CCCNC(CC)c1nnc(-c2ccoc2Cl)s1. The highest BCUT2D eigenvalue weighted by atomic mass is 35.5. The van der Waals surface area contributed by atoms with Gasteiger partial charge in [-0.2, -0.15) is 0 Å². The first kappa shape index (κ1) is 13.5. The highest BCUT2D eigenvalue weighted by Crippen LogP contribution is 2.33. The first-order valence-corrected chi connectivity index (χ1v) is 7.25. The quantitative estimate of drug-likeness (QED) is 0.874. The smallest absolute Gasteiger partial charge is 0.203 e. The lowest BCUT2D eigenvalue weighted by Crippen LogP contribution is -2.21. The molecule has 0 bridgehead atoms. The predicted octanol–water partition coefficient (Wildman–Crippen LogP) is 3.90. The third-order valence-corrected chi connectivity index (χ3v) is 4.00. The van der Waals surface area contributed by atoms with Crippen LogP contribution in [0.1, 0.15) is 37.7 Å². The summed E-state index contributed by atoms with van der Waals surface area (Å²) in [5, 5.41) is 14.1. The molecule has 2 aromatic rings. The molecule has 0 aliphatic carbocycles. The number of furan rings is 1. The Balaban J connectivity index is 2.16. The number of nitrogens with one attached hydrogen (secondary N) is 1. The fourth-order valence-corrected chi connectivity index (χ4v) is 2.94. The zero-order valence-corrected chi connectivity index (χ0v) is 12.0. The van der Waals surface area contributed by atoms with E-state index in [1.165, 1.54) is 0 Å². The van der Waals surface area contributed by atoms with Gasteiger partial charge in [0.2, 0.25) is 5.22 Å². The Bertz CT molecular complexity index is 497. The number of nitrogens with zero attached hydrogens (tertiary/aromatic N) is 2. The molecule has 0 aliphatic heterocycles. The minimum Gasteiger partial charge on any atom is -0.452 e. The van der Waals surface area contributed by atoms with E-state index in [0.717, 1.165) is 35.0 Å². The molecule has 4 nitrogen and oxygen atoms in total. The van der Waals surface area contributed by atoms with Crippen LogP contribution >= 0.6 is 22.9 Å². The highest BCUT2D eigenvalue weighted by molar-refractivity contribution is 7.14. The topological polar surface area (TPSA) is 51.0 Å². The normalized spacial score (nSPS) is 12.8. The molecule has 0 spiro atoms. The van der Waals surface area contributed by atoms with Crippen molar-refractivity contribution in [2.24, 2.45) is 0 Å². The van der Waals surface area contributed by atoms with E-state index in [0.29, 0.717) is 5.22 Å². The van der Waals surface area contributed by atoms with Crippen molar-refractivity contribution in [3.63, 3.8) is 0 Å². The van der Waals surface area contributed by atoms with E-state index in [9.17, 15) is 0 Å². The van der Waals surface area contributed by atoms with Gasteiger partial charge in [-0.25, -0.2) is 0 Å². The van der Waals surface area contributed by atoms with E-state index in [-0.39, 0.29) is 6.04 Å². The van der Waals surface area contributed by atoms with Crippen molar-refractivity contribution >= 4 is 22.9 Å². The largest absolute Gasteiger partial charge is 0.452 e. The van der Waals surface area contributed by atoms with E-state index >= 15 is 0 Å². The van der Waals surface area contributed by atoms with Crippen molar-refractivity contribution in [1.82, 2.24) is 15.5 Å². The standard InChI is InChI=1S/C12H16ClN3OS/c1-3-6-14-9(4-2)12-16-15-11(18-12)8-5-7-17-10(8)13/h5,7,9,14H,3-4,6H2,1-2H3. The zero-order valence-electron chi connectivity index (χ0n) is 10.4. The molecule has 1 N–H and O–H groups in total. The van der Waals surface area contributed by atoms with Crippen molar-refractivity contribution in [3.8, 4) is 10.6 Å². The summed E-state index contributed by atoms with van der Waals surface area (Å²) in [6.07, 6.45) is 3.66. The Morgan fingerprint density at radius 2 is 2.28 bits per heavy atom. The second-order valence-electron chi connectivity index (χ2n) is 3.97. The van der Waals surface area contributed by atoms with Gasteiger partial charge in [-0.1, -0.05) is 25.2 Å². The van der Waals surface area contributed by atoms with Crippen LogP contribution in [0.3, 0.4) is 0 Å². The number of hydrogen-bond donors (Lipinski definition) is 1. The zero-order chi connectivity index (χ0) is 13.0. The Morgan fingerprint density at radius 1 is 1.44 bits per heavy atom. The maximum Gasteiger partial charge on any atom is 0.203 e. The van der Waals surface area contributed by atoms with E-state index in [1.807, 2.05) is 6.07 Å². The van der Waals surface area contributed by atoms with Gasteiger partial charge in [0.1, 0.15) is 5.01 Å². The van der Waals surface area contributed by atoms with E-state index in [1.54, 1.807) is 17.6 Å². The Labute approximate surface area is 115 Å². The molecule has 1 atom stereocenters. The summed E-state index contributed by atoms with van der Waals surface area (Å²) < 4.78 is 5.07. The third-order valence-electron chi connectivity index (χ3n) is 2.64. The van der Waals surface area contributed by atoms with Gasteiger partial charge in [-0.15, -0.1) is 10.2 Å². The monoisotopic (exact) mass is 285 g/mol. The van der Waals surface area contributed by atoms with Crippen LogP contribution in [-0.4, -0.2) is 16.7 Å². The molecule has 6 heteroatoms. The van der Waals surface area contributed by atoms with Crippen LogP contribution in [0, 0.1) is 0 Å². The average Bonchev–Trinajstić information content (AvgIpc) is 2.99. The van der Waals surface area contributed by atoms with Crippen molar-refractivity contribution in [2.75, 3.05) is 6.54 Å². The lowest BCUT2D eigenvalue weighted by molar-refractivity contribution is 0.513. The molecule has 2 heterocycles. The van der Waals surface area contributed by atoms with Crippen molar-refractivity contribution in [3.05, 3.63) is 22.6 Å². The molecule has 0 radical (unpaired) electrons. The van der Waals surface area contributed by atoms with Crippen LogP contribution in [-0.2, 0) is 0 Å². The molecule has 0 saturated heterocycles. The summed E-state index contributed by atoms with van der Waals surface area (Å²) in [7, 11) is 0. The summed E-state index contributed by atoms with van der Waals surface area (Å²) in [6.45, 7) is 5.27. The predicted molar refractivity (Wildman–Crippen MR) is 73.9 cm³/mol. The molecule has 0 saturated carbocycles. The molecule has 98 valence electrons. The minimum atomic E-state index is 0.266. The van der Waals surface area contributed by atoms with Crippen molar-refractivity contribution in [1.29, 1.82) is 0 Å². The second kappa shape index (κ2) is 6.31. The molecule has 1 unspecified atom stereocenters. The van der Waals surface area contributed by atoms with Crippen LogP contribution in [0.4, 0.5) is 0 Å².